The lowest BCUT2D eigenvalue weighted by molar-refractivity contribution is 0.471. The highest BCUT2D eigenvalue weighted by Crippen LogP contribution is 2.24. The van der Waals surface area contributed by atoms with Crippen LogP contribution in [0.2, 0.25) is 0 Å². The Morgan fingerprint density at radius 1 is 1.41 bits per heavy atom. The number of imidazole rings is 1. The molecule has 17 heavy (non-hydrogen) atoms. The van der Waals surface area contributed by atoms with Crippen molar-refractivity contribution in [1.29, 1.82) is 0 Å². The van der Waals surface area contributed by atoms with E-state index in [0.29, 0.717) is 0 Å². The molecule has 0 saturated heterocycles. The van der Waals surface area contributed by atoms with Crippen LogP contribution >= 0.6 is 15.9 Å². The molecule has 0 radical (unpaired) electrons. The van der Waals surface area contributed by atoms with Gasteiger partial charge in [-0.2, -0.15) is 0 Å². The highest BCUT2D eigenvalue weighted by molar-refractivity contribution is 9.10. The predicted molar refractivity (Wildman–Crippen MR) is 69.8 cm³/mol. The fourth-order valence-electron chi connectivity index (χ4n) is 1.53. The lowest BCUT2D eigenvalue weighted by Gasteiger charge is -2.05. The van der Waals surface area contributed by atoms with E-state index in [0.717, 1.165) is 35.4 Å². The highest BCUT2D eigenvalue weighted by atomic mass is 79.9. The number of nitrogens with one attached hydrogen (secondary N) is 2. The van der Waals surface area contributed by atoms with Crippen LogP contribution in [0.3, 0.4) is 0 Å². The lowest BCUT2D eigenvalue weighted by atomic mass is 10.2. The Labute approximate surface area is 108 Å². The third-order valence-corrected chi connectivity index (χ3v) is 3.07. The Hall–Kier alpha value is -1.33. The molecule has 0 atom stereocenters. The second kappa shape index (κ2) is 5.84. The van der Waals surface area contributed by atoms with Gasteiger partial charge in [-0.15, -0.1) is 0 Å². The summed E-state index contributed by atoms with van der Waals surface area (Å²) < 4.78 is 0.725. The van der Waals surface area contributed by atoms with Gasteiger partial charge in [-0.1, -0.05) is 6.07 Å². The van der Waals surface area contributed by atoms with Gasteiger partial charge < -0.3 is 15.4 Å². The average Bonchev–Trinajstić information content (AvgIpc) is 2.82. The molecule has 90 valence electrons. The topological polar surface area (TPSA) is 60.9 Å². The quantitative estimate of drug-likeness (QED) is 0.741. The number of phenols is 1. The van der Waals surface area contributed by atoms with Crippen molar-refractivity contribution in [3.8, 4) is 5.75 Å². The van der Waals surface area contributed by atoms with E-state index in [1.807, 2.05) is 18.3 Å². The first-order valence-electron chi connectivity index (χ1n) is 5.42. The van der Waals surface area contributed by atoms with E-state index in [9.17, 15) is 5.11 Å². The number of hydrogen-bond donors (Lipinski definition) is 3. The van der Waals surface area contributed by atoms with Crippen molar-refractivity contribution in [2.24, 2.45) is 0 Å². The Morgan fingerprint density at radius 2 is 2.29 bits per heavy atom. The van der Waals surface area contributed by atoms with Crippen molar-refractivity contribution in [2.45, 2.75) is 13.0 Å². The standard InChI is InChI=1S/C12H14BrN3O/c13-10-7-9(1-2-11(10)17)8-14-4-3-12-15-5-6-16-12/h1-2,5-7,14,17H,3-4,8H2,(H,15,16). The molecule has 1 aromatic carbocycles. The van der Waals surface area contributed by atoms with Crippen molar-refractivity contribution in [2.75, 3.05) is 6.54 Å². The molecule has 0 saturated carbocycles. The number of aromatic amines is 1. The molecule has 2 aromatic rings. The van der Waals surface area contributed by atoms with E-state index in [1.165, 1.54) is 0 Å². The van der Waals surface area contributed by atoms with Gasteiger partial charge in [0, 0.05) is 31.9 Å². The molecule has 1 heterocycles. The summed E-state index contributed by atoms with van der Waals surface area (Å²) in [7, 11) is 0. The molecule has 0 bridgehead atoms. The Morgan fingerprint density at radius 3 is 3.00 bits per heavy atom. The number of aromatic nitrogens is 2. The number of phenolic OH excluding ortho intramolecular Hbond substituents is 1. The minimum atomic E-state index is 0.268. The molecule has 0 aliphatic heterocycles. The van der Waals surface area contributed by atoms with Crippen LogP contribution in [0, 0.1) is 0 Å². The number of aromatic hydroxyl groups is 1. The van der Waals surface area contributed by atoms with Crippen LogP contribution in [-0.4, -0.2) is 21.6 Å². The molecule has 0 amide bonds. The van der Waals surface area contributed by atoms with E-state index in [-0.39, 0.29) is 5.75 Å². The summed E-state index contributed by atoms with van der Waals surface area (Å²) in [5.41, 5.74) is 1.13. The maximum absolute atomic E-state index is 9.36. The minimum absolute atomic E-state index is 0.268. The third kappa shape index (κ3) is 3.57. The van der Waals surface area contributed by atoms with Gasteiger partial charge in [-0.25, -0.2) is 4.98 Å². The Kier molecular flexibility index (Phi) is 4.17. The van der Waals surface area contributed by atoms with Crippen LogP contribution in [0.4, 0.5) is 0 Å². The van der Waals surface area contributed by atoms with E-state index < -0.39 is 0 Å². The zero-order chi connectivity index (χ0) is 12.1. The van der Waals surface area contributed by atoms with Crippen LogP contribution in [0.5, 0.6) is 5.75 Å². The summed E-state index contributed by atoms with van der Waals surface area (Å²) in [5, 5.41) is 12.7. The number of H-pyrrole nitrogens is 1. The lowest BCUT2D eigenvalue weighted by Crippen LogP contribution is -2.17. The maximum atomic E-state index is 9.36. The Bertz CT molecular complexity index is 471. The average molecular weight is 296 g/mol. The fraction of sp³-hybridized carbons (Fsp3) is 0.250. The van der Waals surface area contributed by atoms with Gasteiger partial charge >= 0.3 is 0 Å². The van der Waals surface area contributed by atoms with E-state index in [1.54, 1.807) is 12.3 Å². The molecule has 0 fully saturated rings. The summed E-state index contributed by atoms with van der Waals surface area (Å²) in [5.74, 6) is 1.26. The zero-order valence-electron chi connectivity index (χ0n) is 9.28. The maximum Gasteiger partial charge on any atom is 0.129 e. The largest absolute Gasteiger partial charge is 0.507 e. The third-order valence-electron chi connectivity index (χ3n) is 2.43. The first-order chi connectivity index (χ1) is 8.25. The van der Waals surface area contributed by atoms with Crippen molar-refractivity contribution in [3.63, 3.8) is 0 Å². The summed E-state index contributed by atoms with van der Waals surface area (Å²) in [4.78, 5) is 7.21. The molecule has 4 nitrogen and oxygen atoms in total. The first kappa shape index (κ1) is 12.1. The number of nitrogens with zero attached hydrogens (tertiary/aromatic N) is 1. The molecule has 2 rings (SSSR count). The van der Waals surface area contributed by atoms with Crippen molar-refractivity contribution in [3.05, 3.63) is 46.5 Å². The summed E-state index contributed by atoms with van der Waals surface area (Å²) >= 11 is 3.29. The minimum Gasteiger partial charge on any atom is -0.507 e. The molecule has 5 heteroatoms. The van der Waals surface area contributed by atoms with E-state index in [4.69, 9.17) is 0 Å². The zero-order valence-corrected chi connectivity index (χ0v) is 10.9. The van der Waals surface area contributed by atoms with Gasteiger partial charge in [0.2, 0.25) is 0 Å². The number of halogens is 1. The normalized spacial score (nSPS) is 10.6. The monoisotopic (exact) mass is 295 g/mol. The van der Waals surface area contributed by atoms with Crippen molar-refractivity contribution < 1.29 is 5.11 Å². The number of rotatable bonds is 5. The van der Waals surface area contributed by atoms with Crippen LogP contribution in [0.15, 0.2) is 35.1 Å². The molecular formula is C12H14BrN3O. The van der Waals surface area contributed by atoms with Crippen LogP contribution < -0.4 is 5.32 Å². The fourth-order valence-corrected chi connectivity index (χ4v) is 1.96. The molecule has 0 unspecified atom stereocenters. The number of benzene rings is 1. The van der Waals surface area contributed by atoms with Gasteiger partial charge in [-0.3, -0.25) is 0 Å². The molecule has 0 aliphatic rings. The van der Waals surface area contributed by atoms with Gasteiger partial charge in [0.15, 0.2) is 0 Å². The summed E-state index contributed by atoms with van der Waals surface area (Å²) in [6.45, 7) is 1.64. The molecule has 3 N–H and O–H groups in total. The summed E-state index contributed by atoms with van der Waals surface area (Å²) in [6.07, 6.45) is 4.46. The molecule has 0 aliphatic carbocycles. The van der Waals surface area contributed by atoms with E-state index in [2.05, 4.69) is 31.2 Å². The second-order valence-corrected chi connectivity index (χ2v) is 4.60. The van der Waals surface area contributed by atoms with Gasteiger partial charge in [0.05, 0.1) is 4.47 Å². The van der Waals surface area contributed by atoms with E-state index >= 15 is 0 Å². The SMILES string of the molecule is Oc1ccc(CNCCc2ncc[nH]2)cc1Br. The van der Waals surface area contributed by atoms with Gasteiger partial charge in [0.25, 0.3) is 0 Å². The smallest absolute Gasteiger partial charge is 0.129 e. The van der Waals surface area contributed by atoms with Crippen LogP contribution in [0.1, 0.15) is 11.4 Å². The predicted octanol–water partition coefficient (Wildman–Crippen LogP) is 2.21. The number of hydrogen-bond acceptors (Lipinski definition) is 3. The van der Waals surface area contributed by atoms with Gasteiger partial charge in [-0.05, 0) is 33.6 Å². The highest BCUT2D eigenvalue weighted by Gasteiger charge is 1.99. The van der Waals surface area contributed by atoms with Crippen LogP contribution in [-0.2, 0) is 13.0 Å². The summed E-state index contributed by atoms with van der Waals surface area (Å²) in [6, 6.07) is 5.50. The van der Waals surface area contributed by atoms with Crippen LogP contribution in [0.25, 0.3) is 0 Å². The first-order valence-corrected chi connectivity index (χ1v) is 6.21. The van der Waals surface area contributed by atoms with Crippen molar-refractivity contribution >= 4 is 15.9 Å². The molecular weight excluding hydrogens is 282 g/mol. The Balaban J connectivity index is 1.76. The molecule has 1 aromatic heterocycles. The van der Waals surface area contributed by atoms with Gasteiger partial charge in [0.1, 0.15) is 11.6 Å². The second-order valence-electron chi connectivity index (χ2n) is 3.75. The van der Waals surface area contributed by atoms with Crippen molar-refractivity contribution in [1.82, 2.24) is 15.3 Å². The molecule has 0 spiro atoms.